The maximum absolute atomic E-state index is 11.6. The standard InChI is InChI=1S/C16H21NO5/c1-11-4-6-14(8-12(11)2)22-10-15(19)17-9-13(18)5-7-16(20)21-3/h4,6,8H,5,7,9-10H2,1-3H3,(H,17,19). The van der Waals surface area contributed by atoms with Gasteiger partial charge in [-0.1, -0.05) is 6.07 Å². The number of benzene rings is 1. The quantitative estimate of drug-likeness (QED) is 0.733. The van der Waals surface area contributed by atoms with Crippen LogP contribution in [0.1, 0.15) is 24.0 Å². The average Bonchev–Trinajstić information content (AvgIpc) is 2.51. The van der Waals surface area contributed by atoms with Gasteiger partial charge in [-0.2, -0.15) is 0 Å². The first-order valence-electron chi connectivity index (χ1n) is 6.97. The molecule has 1 N–H and O–H groups in total. The van der Waals surface area contributed by atoms with E-state index < -0.39 is 5.97 Å². The normalized spacial score (nSPS) is 9.95. The second kappa shape index (κ2) is 8.81. The molecule has 0 aromatic heterocycles. The fourth-order valence-electron chi connectivity index (χ4n) is 1.63. The zero-order valence-electron chi connectivity index (χ0n) is 13.1. The summed E-state index contributed by atoms with van der Waals surface area (Å²) in [6.45, 7) is 3.67. The van der Waals surface area contributed by atoms with Crippen LogP contribution in [-0.2, 0) is 19.1 Å². The lowest BCUT2D eigenvalue weighted by atomic mass is 10.1. The van der Waals surface area contributed by atoms with Crippen molar-refractivity contribution in [3.63, 3.8) is 0 Å². The van der Waals surface area contributed by atoms with Gasteiger partial charge in [0.25, 0.3) is 5.91 Å². The number of hydrogen-bond donors (Lipinski definition) is 1. The van der Waals surface area contributed by atoms with E-state index in [4.69, 9.17) is 4.74 Å². The van der Waals surface area contributed by atoms with Gasteiger partial charge in [0.1, 0.15) is 5.75 Å². The summed E-state index contributed by atoms with van der Waals surface area (Å²) >= 11 is 0. The van der Waals surface area contributed by atoms with Gasteiger partial charge in [0.05, 0.1) is 20.1 Å². The topological polar surface area (TPSA) is 81.7 Å². The molecule has 22 heavy (non-hydrogen) atoms. The summed E-state index contributed by atoms with van der Waals surface area (Å²) in [5.41, 5.74) is 2.23. The molecule has 0 atom stereocenters. The number of amides is 1. The molecule has 0 saturated carbocycles. The van der Waals surface area contributed by atoms with E-state index in [0.29, 0.717) is 5.75 Å². The molecule has 0 radical (unpaired) electrons. The number of rotatable bonds is 8. The molecule has 6 heteroatoms. The first kappa shape index (κ1) is 17.7. The first-order chi connectivity index (χ1) is 10.4. The largest absolute Gasteiger partial charge is 0.484 e. The third kappa shape index (κ3) is 6.39. The molecular weight excluding hydrogens is 286 g/mol. The number of ether oxygens (including phenoxy) is 2. The Labute approximate surface area is 129 Å². The van der Waals surface area contributed by atoms with Gasteiger partial charge in [-0.25, -0.2) is 0 Å². The molecule has 1 aromatic carbocycles. The minimum absolute atomic E-state index is 0.0182. The predicted molar refractivity (Wildman–Crippen MR) is 80.7 cm³/mol. The van der Waals surface area contributed by atoms with E-state index in [1.165, 1.54) is 7.11 Å². The number of esters is 1. The second-order valence-electron chi connectivity index (χ2n) is 4.93. The third-order valence-electron chi connectivity index (χ3n) is 3.17. The minimum atomic E-state index is -0.447. The summed E-state index contributed by atoms with van der Waals surface area (Å²) in [5, 5.41) is 2.45. The van der Waals surface area contributed by atoms with E-state index in [-0.39, 0.29) is 37.7 Å². The van der Waals surface area contributed by atoms with Crippen LogP contribution in [0.2, 0.25) is 0 Å². The van der Waals surface area contributed by atoms with Gasteiger partial charge < -0.3 is 14.8 Å². The summed E-state index contributed by atoms with van der Waals surface area (Å²) in [6, 6.07) is 5.56. The number of methoxy groups -OCH3 is 1. The molecule has 6 nitrogen and oxygen atoms in total. The molecule has 120 valence electrons. The number of ketones is 1. The van der Waals surface area contributed by atoms with Gasteiger partial charge >= 0.3 is 5.97 Å². The molecule has 0 aliphatic carbocycles. The van der Waals surface area contributed by atoms with E-state index >= 15 is 0 Å². The highest BCUT2D eigenvalue weighted by atomic mass is 16.5. The molecule has 0 spiro atoms. The summed E-state index contributed by atoms with van der Waals surface area (Å²) in [6.07, 6.45) is 0.0648. The zero-order valence-corrected chi connectivity index (χ0v) is 13.1. The third-order valence-corrected chi connectivity index (χ3v) is 3.17. The van der Waals surface area contributed by atoms with Crippen LogP contribution in [0.25, 0.3) is 0 Å². The van der Waals surface area contributed by atoms with Crippen molar-refractivity contribution in [1.29, 1.82) is 0 Å². The Balaban J connectivity index is 2.27. The number of aryl methyl sites for hydroxylation is 2. The molecular formula is C16H21NO5. The fraction of sp³-hybridized carbons (Fsp3) is 0.438. The summed E-state index contributed by atoms with van der Waals surface area (Å²) < 4.78 is 9.79. The number of Topliss-reactive ketones (excluding diaryl/α,β-unsaturated/α-hetero) is 1. The van der Waals surface area contributed by atoms with Crippen molar-refractivity contribution in [3.05, 3.63) is 29.3 Å². The summed E-state index contributed by atoms with van der Waals surface area (Å²) in [4.78, 5) is 33.9. The Hall–Kier alpha value is -2.37. The highest BCUT2D eigenvalue weighted by Crippen LogP contribution is 2.16. The minimum Gasteiger partial charge on any atom is -0.484 e. The van der Waals surface area contributed by atoms with Crippen LogP contribution >= 0.6 is 0 Å². The van der Waals surface area contributed by atoms with Crippen molar-refractivity contribution >= 4 is 17.7 Å². The molecule has 1 amide bonds. The maximum Gasteiger partial charge on any atom is 0.305 e. The predicted octanol–water partition coefficient (Wildman–Crippen LogP) is 1.32. The Morgan fingerprint density at radius 1 is 1.09 bits per heavy atom. The molecule has 0 fully saturated rings. The van der Waals surface area contributed by atoms with Crippen molar-refractivity contribution in [2.75, 3.05) is 20.3 Å². The lowest BCUT2D eigenvalue weighted by molar-refractivity contribution is -0.141. The Morgan fingerprint density at radius 3 is 2.45 bits per heavy atom. The monoisotopic (exact) mass is 307 g/mol. The van der Waals surface area contributed by atoms with Crippen LogP contribution < -0.4 is 10.1 Å². The first-order valence-corrected chi connectivity index (χ1v) is 6.97. The van der Waals surface area contributed by atoms with Crippen LogP contribution in [-0.4, -0.2) is 37.9 Å². The van der Waals surface area contributed by atoms with Gasteiger partial charge in [0.15, 0.2) is 12.4 Å². The highest BCUT2D eigenvalue weighted by molar-refractivity contribution is 5.88. The van der Waals surface area contributed by atoms with Crippen LogP contribution in [0.15, 0.2) is 18.2 Å². The zero-order chi connectivity index (χ0) is 16.5. The molecule has 0 saturated heterocycles. The average molecular weight is 307 g/mol. The lowest BCUT2D eigenvalue weighted by Gasteiger charge is -2.08. The Kier molecular flexibility index (Phi) is 7.08. The van der Waals surface area contributed by atoms with Gasteiger partial charge in [-0.15, -0.1) is 0 Å². The fourth-order valence-corrected chi connectivity index (χ4v) is 1.63. The number of hydrogen-bond acceptors (Lipinski definition) is 5. The van der Waals surface area contributed by atoms with Crippen molar-refractivity contribution < 1.29 is 23.9 Å². The van der Waals surface area contributed by atoms with E-state index in [9.17, 15) is 14.4 Å². The van der Waals surface area contributed by atoms with Crippen LogP contribution in [0.4, 0.5) is 0 Å². The molecule has 1 aromatic rings. The smallest absolute Gasteiger partial charge is 0.305 e. The Bertz CT molecular complexity index is 553. The van der Waals surface area contributed by atoms with E-state index in [0.717, 1.165) is 11.1 Å². The summed E-state index contributed by atoms with van der Waals surface area (Å²) in [5.74, 6) is -0.456. The van der Waals surface area contributed by atoms with Crippen molar-refractivity contribution in [1.82, 2.24) is 5.32 Å². The number of carbonyl (C=O) groups is 3. The molecule has 0 aliphatic heterocycles. The SMILES string of the molecule is COC(=O)CCC(=O)CNC(=O)COc1ccc(C)c(C)c1. The van der Waals surface area contributed by atoms with E-state index in [2.05, 4.69) is 10.1 Å². The van der Waals surface area contributed by atoms with Crippen LogP contribution in [0.3, 0.4) is 0 Å². The second-order valence-corrected chi connectivity index (χ2v) is 4.93. The molecule has 0 unspecified atom stereocenters. The van der Waals surface area contributed by atoms with Crippen LogP contribution in [0.5, 0.6) is 5.75 Å². The molecule has 0 aliphatic rings. The van der Waals surface area contributed by atoms with E-state index in [1.54, 1.807) is 6.07 Å². The number of carbonyl (C=O) groups excluding carboxylic acids is 3. The van der Waals surface area contributed by atoms with Crippen LogP contribution in [0, 0.1) is 13.8 Å². The van der Waals surface area contributed by atoms with Crippen molar-refractivity contribution in [2.45, 2.75) is 26.7 Å². The molecule has 1 rings (SSSR count). The lowest BCUT2D eigenvalue weighted by Crippen LogP contribution is -2.33. The molecule has 0 bridgehead atoms. The van der Waals surface area contributed by atoms with Crippen molar-refractivity contribution in [2.24, 2.45) is 0 Å². The maximum atomic E-state index is 11.6. The van der Waals surface area contributed by atoms with Crippen molar-refractivity contribution in [3.8, 4) is 5.75 Å². The number of nitrogens with one attached hydrogen (secondary N) is 1. The van der Waals surface area contributed by atoms with Gasteiger partial charge in [0.2, 0.25) is 0 Å². The van der Waals surface area contributed by atoms with Gasteiger partial charge in [0, 0.05) is 6.42 Å². The highest BCUT2D eigenvalue weighted by Gasteiger charge is 2.09. The van der Waals surface area contributed by atoms with Gasteiger partial charge in [-0.3, -0.25) is 14.4 Å². The molecule has 0 heterocycles. The van der Waals surface area contributed by atoms with E-state index in [1.807, 2.05) is 26.0 Å². The van der Waals surface area contributed by atoms with Gasteiger partial charge in [-0.05, 0) is 37.1 Å². The Morgan fingerprint density at radius 2 is 1.82 bits per heavy atom. The summed E-state index contributed by atoms with van der Waals surface area (Å²) in [7, 11) is 1.26.